The lowest BCUT2D eigenvalue weighted by molar-refractivity contribution is -0.275. The summed E-state index contributed by atoms with van der Waals surface area (Å²) < 4.78 is 95.2. The first kappa shape index (κ1) is 23.9. The highest BCUT2D eigenvalue weighted by Crippen LogP contribution is 2.59. The number of primary amides is 1. The molecule has 0 aliphatic carbocycles. The van der Waals surface area contributed by atoms with Gasteiger partial charge < -0.3 is 20.2 Å². The third-order valence-corrected chi connectivity index (χ3v) is 6.44. The van der Waals surface area contributed by atoms with Crippen molar-refractivity contribution < 1.29 is 40.6 Å². The SMILES string of the molecule is COc1c([C@H]2[C@H](c3nc4cc(C(N)=O)c(F)cc4[nH]3)O[C@@](C)(C(F)(F)F)[C@H]2C)ccc(F)c1F. The molecule has 3 aromatic rings. The van der Waals surface area contributed by atoms with Gasteiger partial charge in [0.15, 0.2) is 17.2 Å². The number of amides is 1. The summed E-state index contributed by atoms with van der Waals surface area (Å²) >= 11 is 0. The summed E-state index contributed by atoms with van der Waals surface area (Å²) in [6.45, 7) is 2.12. The summed E-state index contributed by atoms with van der Waals surface area (Å²) in [7, 11) is 1.06. The molecule has 0 spiro atoms. The zero-order chi connectivity index (χ0) is 25.2. The van der Waals surface area contributed by atoms with Gasteiger partial charge in [-0.2, -0.15) is 17.6 Å². The van der Waals surface area contributed by atoms with Crippen molar-refractivity contribution in [1.29, 1.82) is 0 Å². The van der Waals surface area contributed by atoms with Crippen LogP contribution in [0.4, 0.5) is 26.3 Å². The highest BCUT2D eigenvalue weighted by molar-refractivity contribution is 5.96. The number of rotatable bonds is 4. The van der Waals surface area contributed by atoms with E-state index < -0.39 is 64.4 Å². The van der Waals surface area contributed by atoms with Crippen molar-refractivity contribution in [2.75, 3.05) is 7.11 Å². The minimum absolute atomic E-state index is 0.0538. The fourth-order valence-corrected chi connectivity index (χ4v) is 4.42. The monoisotopic (exact) mass is 487 g/mol. The van der Waals surface area contributed by atoms with Crippen molar-refractivity contribution >= 4 is 16.9 Å². The second-order valence-electron chi connectivity index (χ2n) is 8.28. The third-order valence-electron chi connectivity index (χ3n) is 6.44. The first-order valence-electron chi connectivity index (χ1n) is 10.1. The Hall–Kier alpha value is -3.28. The third kappa shape index (κ3) is 3.47. The number of nitrogens with zero attached hydrogens (tertiary/aromatic N) is 1. The van der Waals surface area contributed by atoms with Gasteiger partial charge >= 0.3 is 6.18 Å². The molecule has 34 heavy (non-hydrogen) atoms. The molecule has 12 heteroatoms. The molecule has 0 bridgehead atoms. The normalized spacial score (nSPS) is 25.1. The maximum absolute atomic E-state index is 14.5. The van der Waals surface area contributed by atoms with E-state index in [0.717, 1.165) is 38.3 Å². The fourth-order valence-electron chi connectivity index (χ4n) is 4.42. The molecular weight excluding hydrogens is 468 g/mol. The van der Waals surface area contributed by atoms with Gasteiger partial charge in [0, 0.05) is 23.5 Å². The fraction of sp³-hybridized carbons (Fsp3) is 0.364. The Morgan fingerprint density at radius 3 is 2.47 bits per heavy atom. The number of fused-ring (bicyclic) bond motifs is 1. The lowest BCUT2D eigenvalue weighted by Gasteiger charge is -2.32. The molecule has 1 aliphatic heterocycles. The number of aromatic amines is 1. The quantitative estimate of drug-likeness (QED) is 0.513. The number of hydrogen-bond donors (Lipinski definition) is 2. The molecule has 4 atom stereocenters. The number of benzene rings is 2. The van der Waals surface area contributed by atoms with Crippen LogP contribution in [0, 0.1) is 23.4 Å². The number of hydrogen-bond acceptors (Lipinski definition) is 4. The van der Waals surface area contributed by atoms with E-state index >= 15 is 0 Å². The van der Waals surface area contributed by atoms with Gasteiger partial charge in [0.2, 0.25) is 5.82 Å². The number of carbonyl (C=O) groups excluding carboxylic acids is 1. The molecule has 0 radical (unpaired) electrons. The van der Waals surface area contributed by atoms with E-state index in [1.165, 1.54) is 6.92 Å². The molecular formula is C22H19F6N3O3. The summed E-state index contributed by atoms with van der Waals surface area (Å²) in [4.78, 5) is 18.4. The van der Waals surface area contributed by atoms with Crippen molar-refractivity contribution in [2.45, 2.75) is 37.6 Å². The summed E-state index contributed by atoms with van der Waals surface area (Å²) in [6, 6.07) is 3.90. The molecule has 1 amide bonds. The number of carbonyl (C=O) groups is 1. The predicted octanol–water partition coefficient (Wildman–Crippen LogP) is 4.90. The summed E-state index contributed by atoms with van der Waals surface area (Å²) in [6.07, 6.45) is -6.27. The molecule has 1 saturated heterocycles. The number of methoxy groups -OCH3 is 1. The van der Waals surface area contributed by atoms with Crippen LogP contribution in [0.5, 0.6) is 5.75 Å². The minimum atomic E-state index is -4.83. The van der Waals surface area contributed by atoms with E-state index in [-0.39, 0.29) is 22.4 Å². The smallest absolute Gasteiger partial charge is 0.417 e. The van der Waals surface area contributed by atoms with Crippen LogP contribution in [0.25, 0.3) is 11.0 Å². The number of imidazole rings is 1. The van der Waals surface area contributed by atoms with E-state index in [1.54, 1.807) is 0 Å². The summed E-state index contributed by atoms with van der Waals surface area (Å²) in [5, 5.41) is 0. The molecule has 1 aliphatic rings. The molecule has 182 valence electrons. The second-order valence-corrected chi connectivity index (χ2v) is 8.28. The number of alkyl halides is 3. The van der Waals surface area contributed by atoms with Crippen LogP contribution >= 0.6 is 0 Å². The Kier molecular flexibility index (Phi) is 5.54. The Balaban J connectivity index is 1.92. The van der Waals surface area contributed by atoms with Crippen molar-refractivity contribution in [1.82, 2.24) is 9.97 Å². The number of ether oxygens (including phenoxy) is 2. The molecule has 0 unspecified atom stereocenters. The van der Waals surface area contributed by atoms with Crippen LogP contribution in [0.1, 0.15) is 47.6 Å². The maximum Gasteiger partial charge on any atom is 0.417 e. The van der Waals surface area contributed by atoms with E-state index in [2.05, 4.69) is 9.97 Å². The molecule has 1 fully saturated rings. The number of H-pyrrole nitrogens is 1. The molecule has 4 rings (SSSR count). The molecule has 3 N–H and O–H groups in total. The van der Waals surface area contributed by atoms with Crippen LogP contribution in [0.15, 0.2) is 24.3 Å². The maximum atomic E-state index is 14.5. The van der Waals surface area contributed by atoms with Gasteiger partial charge in [0.05, 0.1) is 23.7 Å². The van der Waals surface area contributed by atoms with Crippen LogP contribution in [-0.2, 0) is 4.74 Å². The largest absolute Gasteiger partial charge is 0.493 e. The van der Waals surface area contributed by atoms with E-state index in [0.29, 0.717) is 0 Å². The van der Waals surface area contributed by atoms with E-state index in [9.17, 15) is 31.1 Å². The van der Waals surface area contributed by atoms with Gasteiger partial charge in [0.1, 0.15) is 17.7 Å². The lowest BCUT2D eigenvalue weighted by Crippen LogP contribution is -2.46. The van der Waals surface area contributed by atoms with Crippen LogP contribution in [-0.4, -0.2) is 34.8 Å². The average molecular weight is 487 g/mol. The molecule has 2 aromatic carbocycles. The number of nitrogens with one attached hydrogen (secondary N) is 1. The van der Waals surface area contributed by atoms with E-state index in [4.69, 9.17) is 15.2 Å². The van der Waals surface area contributed by atoms with Gasteiger partial charge in [-0.25, -0.2) is 13.8 Å². The highest BCUT2D eigenvalue weighted by Gasteiger charge is 2.65. The van der Waals surface area contributed by atoms with Crippen molar-refractivity contribution in [3.05, 3.63) is 58.7 Å². The van der Waals surface area contributed by atoms with Gasteiger partial charge in [0.25, 0.3) is 5.91 Å². The first-order chi connectivity index (χ1) is 15.8. The van der Waals surface area contributed by atoms with Gasteiger partial charge in [-0.3, -0.25) is 4.79 Å². The number of nitrogens with two attached hydrogens (primary N) is 1. The zero-order valence-corrected chi connectivity index (χ0v) is 18.1. The van der Waals surface area contributed by atoms with Crippen molar-refractivity contribution in [3.63, 3.8) is 0 Å². The molecule has 1 aromatic heterocycles. The average Bonchev–Trinajstić information content (AvgIpc) is 3.28. The second kappa shape index (κ2) is 7.90. The van der Waals surface area contributed by atoms with Crippen molar-refractivity contribution in [3.8, 4) is 5.75 Å². The summed E-state index contributed by atoms with van der Waals surface area (Å²) in [5.74, 6) is -7.79. The van der Waals surface area contributed by atoms with Gasteiger partial charge in [-0.1, -0.05) is 13.0 Å². The highest BCUT2D eigenvalue weighted by atomic mass is 19.4. The van der Waals surface area contributed by atoms with Crippen LogP contribution < -0.4 is 10.5 Å². The number of halogens is 6. The Morgan fingerprint density at radius 2 is 1.88 bits per heavy atom. The first-order valence-corrected chi connectivity index (χ1v) is 10.1. The number of aromatic nitrogens is 2. The predicted molar refractivity (Wildman–Crippen MR) is 108 cm³/mol. The minimum Gasteiger partial charge on any atom is -0.493 e. The lowest BCUT2D eigenvalue weighted by atomic mass is 9.77. The Labute approximate surface area is 189 Å². The van der Waals surface area contributed by atoms with Gasteiger partial charge in [-0.15, -0.1) is 0 Å². The Bertz CT molecular complexity index is 1290. The molecule has 6 nitrogen and oxygen atoms in total. The zero-order valence-electron chi connectivity index (χ0n) is 18.1. The molecule has 0 saturated carbocycles. The standard InChI is InChI=1S/C22H19F6N3O3/c1-8-15(9-4-5-11(23)16(25)17(9)33-3)18(34-21(8,2)22(26,27)28)20-30-13-6-10(19(29)32)12(24)7-14(13)31-20/h4-8,15,18H,1-3H3,(H2,29,32)(H,30,31)/t8-,15-,18+,21+/m0/s1. The Morgan fingerprint density at radius 1 is 1.21 bits per heavy atom. The van der Waals surface area contributed by atoms with Crippen molar-refractivity contribution in [2.24, 2.45) is 11.7 Å². The van der Waals surface area contributed by atoms with Crippen LogP contribution in [0.3, 0.4) is 0 Å². The summed E-state index contributed by atoms with van der Waals surface area (Å²) in [5.41, 5.74) is 2.07. The van der Waals surface area contributed by atoms with Crippen LogP contribution in [0.2, 0.25) is 0 Å². The van der Waals surface area contributed by atoms with Gasteiger partial charge in [-0.05, 0) is 19.1 Å². The van der Waals surface area contributed by atoms with E-state index in [1.807, 2.05) is 0 Å². The topological polar surface area (TPSA) is 90.2 Å². The molecule has 2 heterocycles.